The SMILES string of the molecule is O=C(O)C1CNCC1c1cccc(C(F)(F)F)c1. The van der Waals surface area contributed by atoms with Crippen LogP contribution in [-0.4, -0.2) is 24.2 Å². The van der Waals surface area contributed by atoms with Gasteiger partial charge in [-0.05, 0) is 11.6 Å². The number of nitrogens with one attached hydrogen (secondary N) is 1. The first-order chi connectivity index (χ1) is 8.39. The number of carboxylic acids is 1. The number of alkyl halides is 3. The average Bonchev–Trinajstić information content (AvgIpc) is 2.77. The van der Waals surface area contributed by atoms with E-state index < -0.39 is 29.5 Å². The Labute approximate surface area is 102 Å². The van der Waals surface area contributed by atoms with Crippen LogP contribution in [-0.2, 0) is 11.0 Å². The summed E-state index contributed by atoms with van der Waals surface area (Å²) in [6, 6.07) is 4.88. The molecule has 1 fully saturated rings. The Hall–Kier alpha value is -1.56. The van der Waals surface area contributed by atoms with Crippen molar-refractivity contribution in [2.45, 2.75) is 12.1 Å². The molecule has 1 aliphatic rings. The largest absolute Gasteiger partial charge is 0.481 e. The maximum absolute atomic E-state index is 12.6. The van der Waals surface area contributed by atoms with Crippen molar-refractivity contribution in [1.82, 2.24) is 5.32 Å². The van der Waals surface area contributed by atoms with Crippen LogP contribution >= 0.6 is 0 Å². The van der Waals surface area contributed by atoms with Crippen molar-refractivity contribution in [2.24, 2.45) is 5.92 Å². The molecule has 0 amide bonds. The van der Waals surface area contributed by atoms with Gasteiger partial charge in [0, 0.05) is 19.0 Å². The predicted molar refractivity (Wildman–Crippen MR) is 58.2 cm³/mol. The molecule has 2 unspecified atom stereocenters. The molecular formula is C12H12F3NO2. The van der Waals surface area contributed by atoms with Crippen LogP contribution in [0, 0.1) is 5.92 Å². The van der Waals surface area contributed by atoms with Gasteiger partial charge in [-0.3, -0.25) is 4.79 Å². The Morgan fingerprint density at radius 1 is 1.33 bits per heavy atom. The number of rotatable bonds is 2. The van der Waals surface area contributed by atoms with Gasteiger partial charge in [0.25, 0.3) is 0 Å². The minimum absolute atomic E-state index is 0.288. The highest BCUT2D eigenvalue weighted by molar-refractivity contribution is 5.72. The van der Waals surface area contributed by atoms with E-state index in [1.54, 1.807) is 6.07 Å². The van der Waals surface area contributed by atoms with E-state index in [0.717, 1.165) is 12.1 Å². The van der Waals surface area contributed by atoms with Gasteiger partial charge in [0.15, 0.2) is 0 Å². The fourth-order valence-corrected chi connectivity index (χ4v) is 2.23. The van der Waals surface area contributed by atoms with Gasteiger partial charge in [-0.15, -0.1) is 0 Å². The first-order valence-electron chi connectivity index (χ1n) is 5.50. The van der Waals surface area contributed by atoms with E-state index in [0.29, 0.717) is 12.1 Å². The van der Waals surface area contributed by atoms with Crippen molar-refractivity contribution >= 4 is 5.97 Å². The van der Waals surface area contributed by atoms with Crippen LogP contribution in [0.15, 0.2) is 24.3 Å². The molecule has 1 aromatic carbocycles. The Morgan fingerprint density at radius 3 is 2.67 bits per heavy atom. The number of carboxylic acid groups (broad SMARTS) is 1. The molecule has 0 radical (unpaired) electrons. The molecule has 1 saturated heterocycles. The normalized spacial score (nSPS) is 24.2. The van der Waals surface area contributed by atoms with Crippen LogP contribution < -0.4 is 5.32 Å². The molecular weight excluding hydrogens is 247 g/mol. The summed E-state index contributed by atoms with van der Waals surface area (Å²) in [6.07, 6.45) is -4.40. The predicted octanol–water partition coefficient (Wildman–Crippen LogP) is 2.09. The zero-order valence-corrected chi connectivity index (χ0v) is 9.37. The van der Waals surface area contributed by atoms with Crippen molar-refractivity contribution in [2.75, 3.05) is 13.1 Å². The monoisotopic (exact) mass is 259 g/mol. The maximum Gasteiger partial charge on any atom is 0.416 e. The van der Waals surface area contributed by atoms with Crippen molar-refractivity contribution in [3.05, 3.63) is 35.4 Å². The highest BCUT2D eigenvalue weighted by Gasteiger charge is 2.36. The summed E-state index contributed by atoms with van der Waals surface area (Å²) in [5.41, 5.74) is -0.321. The lowest BCUT2D eigenvalue weighted by atomic mass is 9.88. The van der Waals surface area contributed by atoms with Crippen LogP contribution in [0.2, 0.25) is 0 Å². The van der Waals surface area contributed by atoms with E-state index in [1.807, 2.05) is 0 Å². The lowest BCUT2D eigenvalue weighted by Crippen LogP contribution is -2.21. The second-order valence-corrected chi connectivity index (χ2v) is 4.33. The van der Waals surface area contributed by atoms with Gasteiger partial charge in [0.1, 0.15) is 0 Å². The number of benzene rings is 1. The van der Waals surface area contributed by atoms with Gasteiger partial charge in [-0.25, -0.2) is 0 Å². The fourth-order valence-electron chi connectivity index (χ4n) is 2.23. The Balaban J connectivity index is 2.31. The van der Waals surface area contributed by atoms with Gasteiger partial charge in [0.05, 0.1) is 11.5 Å². The highest BCUT2D eigenvalue weighted by Crippen LogP contribution is 2.34. The lowest BCUT2D eigenvalue weighted by Gasteiger charge is -2.16. The second kappa shape index (κ2) is 4.61. The topological polar surface area (TPSA) is 49.3 Å². The molecule has 18 heavy (non-hydrogen) atoms. The third kappa shape index (κ3) is 2.48. The van der Waals surface area contributed by atoms with Gasteiger partial charge >= 0.3 is 12.1 Å². The third-order valence-electron chi connectivity index (χ3n) is 3.17. The summed E-state index contributed by atoms with van der Waals surface area (Å²) in [5.74, 6) is -2.07. The molecule has 1 aliphatic heterocycles. The molecule has 0 aromatic heterocycles. The minimum Gasteiger partial charge on any atom is -0.481 e. The van der Waals surface area contributed by atoms with Gasteiger partial charge in [-0.2, -0.15) is 13.2 Å². The Morgan fingerprint density at radius 2 is 2.06 bits per heavy atom. The minimum atomic E-state index is -4.40. The van der Waals surface area contributed by atoms with Crippen molar-refractivity contribution < 1.29 is 23.1 Å². The average molecular weight is 259 g/mol. The summed E-state index contributed by atoms with van der Waals surface area (Å²) in [5, 5.41) is 11.9. The number of aliphatic carboxylic acids is 1. The first-order valence-corrected chi connectivity index (χ1v) is 5.50. The third-order valence-corrected chi connectivity index (χ3v) is 3.17. The standard InChI is InChI=1S/C12H12F3NO2/c13-12(14,15)8-3-1-2-7(4-8)9-5-16-6-10(9)11(17)18/h1-4,9-10,16H,5-6H2,(H,17,18). The maximum atomic E-state index is 12.6. The van der Waals surface area contributed by atoms with Crippen molar-refractivity contribution in [1.29, 1.82) is 0 Å². The van der Waals surface area contributed by atoms with E-state index in [-0.39, 0.29) is 6.54 Å². The smallest absolute Gasteiger partial charge is 0.416 e. The molecule has 0 bridgehead atoms. The number of carbonyl (C=O) groups is 1. The molecule has 6 heteroatoms. The molecule has 0 spiro atoms. The molecule has 2 N–H and O–H groups in total. The van der Waals surface area contributed by atoms with Crippen LogP contribution in [0.4, 0.5) is 13.2 Å². The van der Waals surface area contributed by atoms with Crippen LogP contribution in [0.1, 0.15) is 17.0 Å². The van der Waals surface area contributed by atoms with Crippen molar-refractivity contribution in [3.8, 4) is 0 Å². The number of halogens is 3. The van der Waals surface area contributed by atoms with Crippen LogP contribution in [0.25, 0.3) is 0 Å². The van der Waals surface area contributed by atoms with E-state index in [2.05, 4.69) is 5.32 Å². The molecule has 98 valence electrons. The zero-order chi connectivity index (χ0) is 13.3. The fraction of sp³-hybridized carbons (Fsp3) is 0.417. The molecule has 3 nitrogen and oxygen atoms in total. The summed E-state index contributed by atoms with van der Waals surface area (Å²) in [6.45, 7) is 0.675. The first kappa shape index (κ1) is 12.9. The molecule has 0 aliphatic carbocycles. The quantitative estimate of drug-likeness (QED) is 0.855. The molecule has 0 saturated carbocycles. The highest BCUT2D eigenvalue weighted by atomic mass is 19.4. The lowest BCUT2D eigenvalue weighted by molar-refractivity contribution is -0.141. The summed E-state index contributed by atoms with van der Waals surface area (Å²) in [4.78, 5) is 11.0. The molecule has 2 atom stereocenters. The van der Waals surface area contributed by atoms with E-state index in [1.165, 1.54) is 6.07 Å². The van der Waals surface area contributed by atoms with Gasteiger partial charge in [-0.1, -0.05) is 18.2 Å². The van der Waals surface area contributed by atoms with Crippen LogP contribution in [0.5, 0.6) is 0 Å². The second-order valence-electron chi connectivity index (χ2n) is 4.33. The van der Waals surface area contributed by atoms with Gasteiger partial charge in [0.2, 0.25) is 0 Å². The molecule has 1 aromatic rings. The van der Waals surface area contributed by atoms with Gasteiger partial charge < -0.3 is 10.4 Å². The summed E-state index contributed by atoms with van der Waals surface area (Å²) >= 11 is 0. The number of hydrogen-bond donors (Lipinski definition) is 2. The van der Waals surface area contributed by atoms with Crippen LogP contribution in [0.3, 0.4) is 0 Å². The summed E-state index contributed by atoms with van der Waals surface area (Å²) in [7, 11) is 0. The van der Waals surface area contributed by atoms with E-state index in [9.17, 15) is 18.0 Å². The molecule has 1 heterocycles. The molecule has 2 rings (SSSR count). The Kier molecular flexibility index (Phi) is 3.30. The Bertz CT molecular complexity index is 459. The summed E-state index contributed by atoms with van der Waals surface area (Å²) < 4.78 is 37.7. The number of hydrogen-bond acceptors (Lipinski definition) is 2. The van der Waals surface area contributed by atoms with E-state index >= 15 is 0 Å². The van der Waals surface area contributed by atoms with E-state index in [4.69, 9.17) is 5.11 Å². The van der Waals surface area contributed by atoms with Crippen molar-refractivity contribution in [3.63, 3.8) is 0 Å². The zero-order valence-electron chi connectivity index (χ0n) is 9.37.